The first kappa shape index (κ1) is 21.9. The van der Waals surface area contributed by atoms with Crippen LogP contribution in [0.3, 0.4) is 0 Å². The summed E-state index contributed by atoms with van der Waals surface area (Å²) in [5.41, 5.74) is 1.36. The molecular weight excluding hydrogens is 384 g/mol. The number of hydrogen-bond donors (Lipinski definition) is 2. The topological polar surface area (TPSA) is 85.9 Å². The summed E-state index contributed by atoms with van der Waals surface area (Å²) in [5, 5.41) is 5.72. The fourth-order valence-corrected chi connectivity index (χ4v) is 3.17. The number of carbonyl (C=O) groups is 2. The van der Waals surface area contributed by atoms with Crippen molar-refractivity contribution in [2.75, 3.05) is 19.8 Å². The molecule has 0 saturated heterocycles. The van der Waals surface area contributed by atoms with Gasteiger partial charge in [-0.15, -0.1) is 0 Å². The zero-order valence-corrected chi connectivity index (χ0v) is 17.4. The van der Waals surface area contributed by atoms with Crippen LogP contribution in [-0.4, -0.2) is 31.8 Å². The molecule has 0 saturated carbocycles. The molecule has 1 heterocycles. The standard InChI is InChI=1S/C20H27ClN2O5/c1-5-8-9-28-18-14(21)10-13(11-15(18)26-6-2)17-16(19(24)27-7-3)12(4)22-20(25)23-17/h10-11,17H,5-9H2,1-4H3,(H2,22,23,25). The summed E-state index contributed by atoms with van der Waals surface area (Å²) >= 11 is 6.46. The molecule has 2 N–H and O–H groups in total. The van der Waals surface area contributed by atoms with Crippen LogP contribution in [0.2, 0.25) is 5.02 Å². The molecule has 0 bridgehead atoms. The predicted octanol–water partition coefficient (Wildman–Crippen LogP) is 4.11. The van der Waals surface area contributed by atoms with Crippen molar-refractivity contribution in [3.8, 4) is 11.5 Å². The fourth-order valence-electron chi connectivity index (χ4n) is 2.90. The molecule has 7 nitrogen and oxygen atoms in total. The van der Waals surface area contributed by atoms with Crippen molar-refractivity contribution in [2.24, 2.45) is 0 Å². The zero-order chi connectivity index (χ0) is 20.7. The highest BCUT2D eigenvalue weighted by Gasteiger charge is 2.33. The first-order valence-corrected chi connectivity index (χ1v) is 9.85. The van der Waals surface area contributed by atoms with E-state index in [2.05, 4.69) is 17.6 Å². The van der Waals surface area contributed by atoms with Crippen molar-refractivity contribution >= 4 is 23.6 Å². The molecule has 0 fully saturated rings. The highest BCUT2D eigenvalue weighted by molar-refractivity contribution is 6.32. The van der Waals surface area contributed by atoms with E-state index in [1.54, 1.807) is 26.0 Å². The molecule has 154 valence electrons. The summed E-state index contributed by atoms with van der Waals surface area (Å²) < 4.78 is 16.7. The largest absolute Gasteiger partial charge is 0.490 e. The van der Waals surface area contributed by atoms with E-state index in [0.717, 1.165) is 12.8 Å². The van der Waals surface area contributed by atoms with Gasteiger partial charge in [0, 0.05) is 5.70 Å². The number of hydrogen-bond acceptors (Lipinski definition) is 5. The SMILES string of the molecule is CCCCOc1c(Cl)cc(C2NC(=O)NC(C)=C2C(=O)OCC)cc1OCC. The number of esters is 1. The summed E-state index contributed by atoms with van der Waals surface area (Å²) in [6.07, 6.45) is 1.89. The number of unbranched alkanes of at least 4 members (excludes halogenated alkanes) is 1. The monoisotopic (exact) mass is 410 g/mol. The number of allylic oxidation sites excluding steroid dienone is 1. The van der Waals surface area contributed by atoms with Crippen LogP contribution >= 0.6 is 11.6 Å². The van der Waals surface area contributed by atoms with Crippen LogP contribution in [0.15, 0.2) is 23.4 Å². The smallest absolute Gasteiger partial charge is 0.338 e. The van der Waals surface area contributed by atoms with Crippen molar-refractivity contribution in [2.45, 2.75) is 46.6 Å². The van der Waals surface area contributed by atoms with E-state index >= 15 is 0 Å². The summed E-state index contributed by atoms with van der Waals surface area (Å²) in [4.78, 5) is 24.5. The summed E-state index contributed by atoms with van der Waals surface area (Å²) in [5.74, 6) is 0.420. The molecule has 0 aromatic heterocycles. The molecule has 8 heteroatoms. The summed E-state index contributed by atoms with van der Waals surface area (Å²) in [6, 6.07) is 2.29. The molecular formula is C20H27ClN2O5. The van der Waals surface area contributed by atoms with E-state index in [0.29, 0.717) is 46.6 Å². The molecule has 1 aromatic carbocycles. The first-order valence-electron chi connectivity index (χ1n) is 9.47. The Hall–Kier alpha value is -2.41. The van der Waals surface area contributed by atoms with Crippen LogP contribution in [0.25, 0.3) is 0 Å². The number of halogens is 1. The van der Waals surface area contributed by atoms with Crippen LogP contribution in [-0.2, 0) is 9.53 Å². The maximum atomic E-state index is 12.5. The Balaban J connectivity index is 2.47. The van der Waals surface area contributed by atoms with Gasteiger partial charge in [0.25, 0.3) is 0 Å². The third kappa shape index (κ3) is 5.10. The van der Waals surface area contributed by atoms with E-state index in [1.807, 2.05) is 6.92 Å². The molecule has 0 radical (unpaired) electrons. The van der Waals surface area contributed by atoms with E-state index in [1.165, 1.54) is 0 Å². The van der Waals surface area contributed by atoms with Gasteiger partial charge in [-0.2, -0.15) is 0 Å². The van der Waals surface area contributed by atoms with E-state index in [9.17, 15) is 9.59 Å². The summed E-state index contributed by atoms with van der Waals surface area (Å²) in [6.45, 7) is 8.48. The van der Waals surface area contributed by atoms with Crippen LogP contribution in [0.1, 0.15) is 52.1 Å². The molecule has 1 atom stereocenters. The van der Waals surface area contributed by atoms with Gasteiger partial charge in [0.15, 0.2) is 11.5 Å². The number of carbonyl (C=O) groups excluding carboxylic acids is 2. The average molecular weight is 411 g/mol. The molecule has 1 aliphatic heterocycles. The number of ether oxygens (including phenoxy) is 3. The number of urea groups is 1. The van der Waals surface area contributed by atoms with Gasteiger partial charge in [-0.3, -0.25) is 0 Å². The number of benzene rings is 1. The third-order valence-electron chi connectivity index (χ3n) is 4.17. The molecule has 0 spiro atoms. The Labute approximate surface area is 170 Å². The Morgan fingerprint density at radius 1 is 1.18 bits per heavy atom. The minimum absolute atomic E-state index is 0.228. The normalized spacial score (nSPS) is 16.3. The highest BCUT2D eigenvalue weighted by atomic mass is 35.5. The van der Waals surface area contributed by atoms with E-state index in [-0.39, 0.29) is 6.61 Å². The van der Waals surface area contributed by atoms with Crippen LogP contribution in [0.4, 0.5) is 4.79 Å². The van der Waals surface area contributed by atoms with Crippen molar-refractivity contribution in [3.63, 3.8) is 0 Å². The lowest BCUT2D eigenvalue weighted by atomic mass is 9.95. The Kier molecular flexibility index (Phi) is 7.99. The quantitative estimate of drug-likeness (QED) is 0.472. The first-order chi connectivity index (χ1) is 13.4. The van der Waals surface area contributed by atoms with Crippen LogP contribution in [0.5, 0.6) is 11.5 Å². The number of amides is 2. The highest BCUT2D eigenvalue weighted by Crippen LogP contribution is 2.40. The van der Waals surface area contributed by atoms with Gasteiger partial charge in [0.1, 0.15) is 0 Å². The number of nitrogens with one attached hydrogen (secondary N) is 2. The molecule has 2 amide bonds. The lowest BCUT2D eigenvalue weighted by molar-refractivity contribution is -0.139. The number of rotatable bonds is 9. The Bertz CT molecular complexity index is 763. The molecule has 1 aromatic rings. The maximum absolute atomic E-state index is 12.5. The predicted molar refractivity (Wildman–Crippen MR) is 107 cm³/mol. The zero-order valence-electron chi connectivity index (χ0n) is 16.7. The van der Waals surface area contributed by atoms with Gasteiger partial charge in [0.05, 0.1) is 36.5 Å². The second-order valence-electron chi connectivity index (χ2n) is 6.26. The van der Waals surface area contributed by atoms with Crippen molar-refractivity contribution in [1.82, 2.24) is 10.6 Å². The van der Waals surface area contributed by atoms with Crippen molar-refractivity contribution in [3.05, 3.63) is 34.0 Å². The van der Waals surface area contributed by atoms with Gasteiger partial charge >= 0.3 is 12.0 Å². The van der Waals surface area contributed by atoms with Crippen molar-refractivity contribution in [1.29, 1.82) is 0 Å². The van der Waals surface area contributed by atoms with E-state index < -0.39 is 18.0 Å². The second-order valence-corrected chi connectivity index (χ2v) is 6.66. The van der Waals surface area contributed by atoms with Gasteiger partial charge in [-0.1, -0.05) is 24.9 Å². The van der Waals surface area contributed by atoms with Gasteiger partial charge in [-0.25, -0.2) is 9.59 Å². The lowest BCUT2D eigenvalue weighted by Gasteiger charge is -2.28. The molecule has 2 rings (SSSR count). The van der Waals surface area contributed by atoms with Gasteiger partial charge in [0.2, 0.25) is 0 Å². The van der Waals surface area contributed by atoms with Crippen LogP contribution < -0.4 is 20.1 Å². The van der Waals surface area contributed by atoms with Gasteiger partial charge < -0.3 is 24.8 Å². The third-order valence-corrected chi connectivity index (χ3v) is 4.45. The molecule has 0 aliphatic carbocycles. The fraction of sp³-hybridized carbons (Fsp3) is 0.500. The minimum atomic E-state index is -0.714. The second kappa shape index (κ2) is 10.2. The summed E-state index contributed by atoms with van der Waals surface area (Å²) in [7, 11) is 0. The van der Waals surface area contributed by atoms with Crippen LogP contribution in [0, 0.1) is 0 Å². The molecule has 1 unspecified atom stereocenters. The maximum Gasteiger partial charge on any atom is 0.338 e. The van der Waals surface area contributed by atoms with Gasteiger partial charge in [-0.05, 0) is 44.9 Å². The molecule has 1 aliphatic rings. The Morgan fingerprint density at radius 2 is 1.93 bits per heavy atom. The van der Waals surface area contributed by atoms with E-state index in [4.69, 9.17) is 25.8 Å². The van der Waals surface area contributed by atoms with Crippen molar-refractivity contribution < 1.29 is 23.8 Å². The average Bonchev–Trinajstić information content (AvgIpc) is 2.63. The minimum Gasteiger partial charge on any atom is -0.490 e. The Morgan fingerprint density at radius 3 is 2.57 bits per heavy atom. The lowest BCUT2D eigenvalue weighted by Crippen LogP contribution is -2.45. The molecule has 28 heavy (non-hydrogen) atoms.